The highest BCUT2D eigenvalue weighted by Crippen LogP contribution is 2.30. The molecule has 0 unspecified atom stereocenters. The zero-order chi connectivity index (χ0) is 19.3. The predicted molar refractivity (Wildman–Crippen MR) is 104 cm³/mol. The molecule has 2 aromatic rings. The maximum Gasteiger partial charge on any atom is 0.341 e. The van der Waals surface area contributed by atoms with Gasteiger partial charge in [0.15, 0.2) is 6.61 Å². The molecule has 0 saturated carbocycles. The second-order valence-electron chi connectivity index (χ2n) is 6.72. The van der Waals surface area contributed by atoms with E-state index in [1.165, 1.54) is 0 Å². The van der Waals surface area contributed by atoms with Gasteiger partial charge < -0.3 is 14.9 Å². The van der Waals surface area contributed by atoms with Crippen LogP contribution < -0.4 is 4.74 Å². The van der Waals surface area contributed by atoms with Crippen LogP contribution in [0.3, 0.4) is 0 Å². The van der Waals surface area contributed by atoms with E-state index in [0.717, 1.165) is 34.2 Å². The molecule has 2 rings (SSSR count). The second kappa shape index (κ2) is 8.56. The summed E-state index contributed by atoms with van der Waals surface area (Å²) >= 11 is 0. The third-order valence-electron chi connectivity index (χ3n) is 4.28. The quantitative estimate of drug-likeness (QED) is 0.741. The van der Waals surface area contributed by atoms with Gasteiger partial charge in [0.05, 0.1) is 0 Å². The molecule has 0 atom stereocenters. The van der Waals surface area contributed by atoms with Crippen LogP contribution >= 0.6 is 0 Å². The van der Waals surface area contributed by atoms with Crippen LogP contribution in [-0.4, -0.2) is 22.8 Å². The summed E-state index contributed by atoms with van der Waals surface area (Å²) in [5, 5.41) is 18.8. The normalized spacial score (nSPS) is 11.3. The zero-order valence-electron chi connectivity index (χ0n) is 15.7. The summed E-state index contributed by atoms with van der Waals surface area (Å²) in [7, 11) is 0. The van der Waals surface area contributed by atoms with E-state index < -0.39 is 5.97 Å². The average molecular weight is 354 g/mol. The van der Waals surface area contributed by atoms with Crippen molar-refractivity contribution in [1.82, 2.24) is 0 Å². The molecule has 0 bridgehead atoms. The number of rotatable bonds is 7. The number of carbonyl (C=O) groups is 1. The number of hydrogen-bond acceptors (Lipinski definition) is 3. The molecule has 0 amide bonds. The Bertz CT molecular complexity index is 819. The molecular weight excluding hydrogens is 328 g/mol. The molecule has 2 N–H and O–H groups in total. The van der Waals surface area contributed by atoms with Gasteiger partial charge in [-0.3, -0.25) is 0 Å². The van der Waals surface area contributed by atoms with Crippen molar-refractivity contribution in [2.45, 2.75) is 40.0 Å². The number of aryl methyl sites for hydroxylation is 1. The van der Waals surface area contributed by atoms with E-state index in [-0.39, 0.29) is 12.5 Å². The Morgan fingerprint density at radius 1 is 1.23 bits per heavy atom. The van der Waals surface area contributed by atoms with Crippen LogP contribution in [0.15, 0.2) is 36.4 Å². The lowest BCUT2D eigenvalue weighted by Gasteiger charge is -2.15. The van der Waals surface area contributed by atoms with Crippen molar-refractivity contribution in [1.29, 1.82) is 0 Å². The summed E-state index contributed by atoms with van der Waals surface area (Å²) in [6.07, 6.45) is 4.68. The van der Waals surface area contributed by atoms with Crippen molar-refractivity contribution in [2.24, 2.45) is 0 Å². The number of hydrogen-bond donors (Lipinski definition) is 2. The number of aliphatic carboxylic acids is 1. The van der Waals surface area contributed by atoms with Crippen LogP contribution in [0.1, 0.15) is 54.5 Å². The topological polar surface area (TPSA) is 66.8 Å². The van der Waals surface area contributed by atoms with Gasteiger partial charge >= 0.3 is 5.97 Å². The fourth-order valence-electron chi connectivity index (χ4n) is 2.99. The maximum atomic E-state index is 10.7. The van der Waals surface area contributed by atoms with E-state index in [4.69, 9.17) is 9.84 Å². The smallest absolute Gasteiger partial charge is 0.341 e. The van der Waals surface area contributed by atoms with Gasteiger partial charge in [0, 0.05) is 0 Å². The van der Waals surface area contributed by atoms with Crippen molar-refractivity contribution in [3.05, 3.63) is 64.2 Å². The van der Waals surface area contributed by atoms with Gasteiger partial charge in [0.25, 0.3) is 0 Å². The van der Waals surface area contributed by atoms with Gasteiger partial charge in [-0.1, -0.05) is 38.1 Å². The summed E-state index contributed by atoms with van der Waals surface area (Å²) in [5.74, 6) is 0.129. The third-order valence-corrected chi connectivity index (χ3v) is 4.28. The Hall–Kier alpha value is -2.75. The highest BCUT2D eigenvalue weighted by molar-refractivity contribution is 5.68. The fraction of sp³-hybridized carbons (Fsp3) is 0.318. The molecule has 26 heavy (non-hydrogen) atoms. The van der Waals surface area contributed by atoms with Crippen LogP contribution in [0, 0.1) is 6.92 Å². The molecule has 0 radical (unpaired) electrons. The molecule has 4 heteroatoms. The monoisotopic (exact) mass is 354 g/mol. The second-order valence-corrected chi connectivity index (χ2v) is 6.72. The van der Waals surface area contributed by atoms with E-state index in [2.05, 4.69) is 13.8 Å². The largest absolute Gasteiger partial charge is 0.508 e. The number of aromatic hydroxyl groups is 1. The zero-order valence-corrected chi connectivity index (χ0v) is 15.7. The van der Waals surface area contributed by atoms with Crippen molar-refractivity contribution in [2.75, 3.05) is 6.61 Å². The van der Waals surface area contributed by atoms with E-state index >= 15 is 0 Å². The summed E-state index contributed by atoms with van der Waals surface area (Å²) < 4.78 is 5.34. The summed E-state index contributed by atoms with van der Waals surface area (Å²) in [5.41, 5.74) is 5.27. The number of ether oxygens (including phenoxy) is 1. The Balaban J connectivity index is 2.39. The number of carboxylic acids is 1. The first-order valence-corrected chi connectivity index (χ1v) is 8.74. The van der Waals surface area contributed by atoms with Gasteiger partial charge in [0.1, 0.15) is 11.5 Å². The molecule has 0 aromatic heterocycles. The SMILES string of the molecule is C/C=C/c1cc(OCC(=O)O)cc(C)c1Cc1ccc(O)c(C(C)C)c1. The molecule has 0 saturated heterocycles. The first-order valence-electron chi connectivity index (χ1n) is 8.74. The van der Waals surface area contributed by atoms with E-state index in [0.29, 0.717) is 11.5 Å². The lowest BCUT2D eigenvalue weighted by atomic mass is 9.92. The molecule has 2 aromatic carbocycles. The summed E-state index contributed by atoms with van der Waals surface area (Å²) in [6, 6.07) is 9.48. The Kier molecular flexibility index (Phi) is 6.45. The highest BCUT2D eigenvalue weighted by atomic mass is 16.5. The molecule has 0 aliphatic rings. The standard InChI is InChI=1S/C22H26O4/c1-5-6-17-12-18(26-13-22(24)25)9-15(4)20(17)11-16-7-8-21(23)19(10-16)14(2)3/h5-10,12,14,23H,11,13H2,1-4H3,(H,24,25)/b6-5+. The van der Waals surface area contributed by atoms with Gasteiger partial charge in [-0.15, -0.1) is 0 Å². The lowest BCUT2D eigenvalue weighted by molar-refractivity contribution is -0.139. The minimum absolute atomic E-state index is 0.248. The van der Waals surface area contributed by atoms with Crippen molar-refractivity contribution < 1.29 is 19.7 Å². The maximum absolute atomic E-state index is 10.7. The number of phenolic OH excluding ortho intramolecular Hbond substituents is 1. The van der Waals surface area contributed by atoms with Crippen LogP contribution in [0.4, 0.5) is 0 Å². The number of carboxylic acid groups (broad SMARTS) is 1. The molecular formula is C22H26O4. The molecule has 4 nitrogen and oxygen atoms in total. The Morgan fingerprint density at radius 3 is 2.58 bits per heavy atom. The number of allylic oxidation sites excluding steroid dienone is 1. The van der Waals surface area contributed by atoms with Crippen molar-refractivity contribution in [3.8, 4) is 11.5 Å². The van der Waals surface area contributed by atoms with Crippen LogP contribution in [0.2, 0.25) is 0 Å². The highest BCUT2D eigenvalue weighted by Gasteiger charge is 2.12. The molecule has 138 valence electrons. The Labute approximate surface area is 154 Å². The van der Waals surface area contributed by atoms with Crippen LogP contribution in [-0.2, 0) is 11.2 Å². The molecule has 0 heterocycles. The van der Waals surface area contributed by atoms with Crippen molar-refractivity contribution >= 4 is 12.0 Å². The first-order chi connectivity index (χ1) is 12.3. The van der Waals surface area contributed by atoms with Crippen LogP contribution in [0.25, 0.3) is 6.08 Å². The first kappa shape index (κ1) is 19.6. The minimum atomic E-state index is -0.996. The lowest BCUT2D eigenvalue weighted by Crippen LogP contribution is -2.10. The molecule has 0 fully saturated rings. The van der Waals surface area contributed by atoms with Gasteiger partial charge in [0.2, 0.25) is 0 Å². The third kappa shape index (κ3) is 4.88. The Morgan fingerprint density at radius 2 is 1.96 bits per heavy atom. The number of phenols is 1. The van der Waals surface area contributed by atoms with E-state index in [1.54, 1.807) is 6.07 Å². The molecule has 0 aliphatic carbocycles. The van der Waals surface area contributed by atoms with Gasteiger partial charge in [-0.2, -0.15) is 0 Å². The number of benzene rings is 2. The predicted octanol–water partition coefficient (Wildman–Crippen LogP) is 4.91. The average Bonchev–Trinajstić information content (AvgIpc) is 2.57. The van der Waals surface area contributed by atoms with Crippen molar-refractivity contribution in [3.63, 3.8) is 0 Å². The minimum Gasteiger partial charge on any atom is -0.508 e. The van der Waals surface area contributed by atoms with E-state index in [1.807, 2.05) is 50.3 Å². The van der Waals surface area contributed by atoms with Gasteiger partial charge in [-0.25, -0.2) is 4.79 Å². The van der Waals surface area contributed by atoms with Crippen LogP contribution in [0.5, 0.6) is 11.5 Å². The summed E-state index contributed by atoms with van der Waals surface area (Å²) in [6.45, 7) is 7.71. The molecule has 0 spiro atoms. The van der Waals surface area contributed by atoms with Gasteiger partial charge in [-0.05, 0) is 72.2 Å². The summed E-state index contributed by atoms with van der Waals surface area (Å²) in [4.78, 5) is 10.7. The fourth-order valence-corrected chi connectivity index (χ4v) is 2.99. The van der Waals surface area contributed by atoms with E-state index in [9.17, 15) is 9.90 Å². The molecule has 0 aliphatic heterocycles.